The van der Waals surface area contributed by atoms with Gasteiger partial charge in [0.2, 0.25) is 7.57 Å². The van der Waals surface area contributed by atoms with Crippen molar-refractivity contribution in [2.75, 3.05) is 24.7 Å². The average molecular weight is 672 g/mol. The van der Waals surface area contributed by atoms with E-state index in [1.165, 1.54) is 28.1 Å². The third kappa shape index (κ3) is 5.18. The van der Waals surface area contributed by atoms with Crippen molar-refractivity contribution >= 4 is 67.5 Å². The van der Waals surface area contributed by atoms with Crippen molar-refractivity contribution < 1.29 is 45.8 Å². The summed E-state index contributed by atoms with van der Waals surface area (Å²) in [5.74, 6) is 0.0956. The lowest BCUT2D eigenvalue weighted by molar-refractivity contribution is -0.0586. The molecule has 3 aliphatic heterocycles. The summed E-state index contributed by atoms with van der Waals surface area (Å²) in [6, 6.07) is 0. The van der Waals surface area contributed by atoms with E-state index in [-0.39, 0.29) is 34.0 Å². The number of aromatic nitrogens is 8. The van der Waals surface area contributed by atoms with Gasteiger partial charge >= 0.3 is 6.72 Å². The Kier molecular flexibility index (Phi) is 7.43. The van der Waals surface area contributed by atoms with Crippen LogP contribution in [0.15, 0.2) is 25.3 Å². The number of hydrogen-bond donors (Lipinski definition) is 3. The summed E-state index contributed by atoms with van der Waals surface area (Å²) in [4.78, 5) is 35.1. The largest absolute Gasteiger partial charge is 0.382 e. The van der Waals surface area contributed by atoms with Crippen molar-refractivity contribution in [3.63, 3.8) is 0 Å². The fourth-order valence-corrected chi connectivity index (χ4v) is 7.60. The highest BCUT2D eigenvalue weighted by Gasteiger charge is 2.53. The number of alkyl halides is 2. The molecule has 0 spiro atoms. The number of halogens is 2. The van der Waals surface area contributed by atoms with Crippen molar-refractivity contribution in [3.05, 3.63) is 25.3 Å². The SMILES string of the molecule is [B]P1(=O)OC[C@H]2O[C@@H](n3cnc4c(N)ncnc43)[C@H](OP(O)(=S)OC[C@H]3O[C@@H](n4cnc5c(N)ncnc54)[C@H](F)[C@@H]3O1)[C@H]2F. The molecule has 3 fully saturated rings. The minimum Gasteiger partial charge on any atom is -0.382 e. The van der Waals surface area contributed by atoms with E-state index in [2.05, 4.69) is 29.9 Å². The van der Waals surface area contributed by atoms with Gasteiger partial charge < -0.3 is 39.4 Å². The maximum atomic E-state index is 16.0. The van der Waals surface area contributed by atoms with Gasteiger partial charge in [-0.25, -0.2) is 38.7 Å². The van der Waals surface area contributed by atoms with Gasteiger partial charge in [-0.2, -0.15) is 0 Å². The zero-order valence-electron chi connectivity index (χ0n) is 22.0. The Morgan fingerprint density at radius 1 is 0.841 bits per heavy atom. The third-order valence-corrected chi connectivity index (χ3v) is 9.80. The predicted octanol–water partition coefficient (Wildman–Crippen LogP) is 0.612. The second kappa shape index (κ2) is 10.9. The lowest BCUT2D eigenvalue weighted by Crippen LogP contribution is -2.34. The smallest absolute Gasteiger partial charge is 0.325 e. The number of anilines is 2. The van der Waals surface area contributed by atoms with Gasteiger partial charge in [-0.1, -0.05) is 0 Å². The van der Waals surface area contributed by atoms with Crippen molar-refractivity contribution in [1.82, 2.24) is 39.0 Å². The van der Waals surface area contributed by atoms with Crippen LogP contribution in [0.4, 0.5) is 20.4 Å². The molecule has 0 aliphatic carbocycles. The number of rotatable bonds is 2. The van der Waals surface area contributed by atoms with Crippen molar-refractivity contribution in [2.24, 2.45) is 0 Å². The lowest BCUT2D eigenvalue weighted by Gasteiger charge is -2.27. The summed E-state index contributed by atoms with van der Waals surface area (Å²) in [6.45, 7) is -5.69. The van der Waals surface area contributed by atoms with Crippen LogP contribution in [0.5, 0.6) is 0 Å². The zero-order valence-corrected chi connectivity index (χ0v) is 24.6. The van der Waals surface area contributed by atoms with Crippen LogP contribution in [-0.2, 0) is 43.9 Å². The van der Waals surface area contributed by atoms with E-state index in [4.69, 9.17) is 58.4 Å². The third-order valence-electron chi connectivity index (χ3n) is 7.20. The highest BCUT2D eigenvalue weighted by molar-refractivity contribution is 8.07. The van der Waals surface area contributed by atoms with Crippen LogP contribution in [0.3, 0.4) is 0 Å². The van der Waals surface area contributed by atoms with Crippen molar-refractivity contribution in [1.29, 1.82) is 0 Å². The second-order valence-corrected chi connectivity index (χ2v) is 14.3. The number of imidazole rings is 2. The Morgan fingerprint density at radius 3 is 2.05 bits per heavy atom. The molecular weight excluding hydrogens is 651 g/mol. The minimum absolute atomic E-state index is 0.0446. The predicted molar refractivity (Wildman–Crippen MR) is 149 cm³/mol. The molecule has 3 saturated heterocycles. The molecule has 44 heavy (non-hydrogen) atoms. The van der Waals surface area contributed by atoms with Crippen LogP contribution in [0.25, 0.3) is 22.3 Å². The molecule has 4 aromatic rings. The Bertz CT molecular complexity index is 1840. The van der Waals surface area contributed by atoms with E-state index in [1.807, 2.05) is 0 Å². The Balaban J connectivity index is 1.20. The maximum absolute atomic E-state index is 16.0. The van der Waals surface area contributed by atoms with Crippen LogP contribution in [-0.4, -0.2) is 101 Å². The highest BCUT2D eigenvalue weighted by atomic mass is 32.5. The molecule has 18 nitrogen and oxygen atoms in total. The molecule has 0 saturated carbocycles. The molecule has 4 aromatic heterocycles. The van der Waals surface area contributed by atoms with Gasteiger partial charge in [0.05, 0.1) is 25.9 Å². The summed E-state index contributed by atoms with van der Waals surface area (Å²) < 4.78 is 80.9. The van der Waals surface area contributed by atoms with Gasteiger partial charge in [0, 0.05) is 0 Å². The number of hydrogen-bond acceptors (Lipinski definition) is 16. The lowest BCUT2D eigenvalue weighted by atomic mass is 10.1. The van der Waals surface area contributed by atoms with Crippen LogP contribution in [0.2, 0.25) is 0 Å². The molecular formula is C20H21BF2N10O8P2S. The summed E-state index contributed by atoms with van der Waals surface area (Å²) >= 11 is 5.18. The van der Waals surface area contributed by atoms with E-state index in [0.717, 1.165) is 6.33 Å². The molecule has 10 atom stereocenters. The first-order valence-corrected chi connectivity index (χ1v) is 16.9. The van der Waals surface area contributed by atoms with Crippen LogP contribution >= 0.6 is 14.2 Å². The van der Waals surface area contributed by atoms with E-state index in [1.54, 1.807) is 0 Å². The standard InChI is InChI=1S/C20H21BF2N10O8P2S/c21-42(34)36-1-7-9(22)14(20(38-7)33-6-31-12-16(25)27-4-29-18(12)33)41-43(35,44)37-2-8-13(40-42)10(23)19(39-8)32-5-30-11-15(24)26-3-28-17(11)32/h3-10,13-14,19-20H,1-2H2,(H,35,44)(H2,24,26,28)(H2,25,27,29)/t7-,8-,9+,10-,13-,14-,19-,20-,42?,43?/m1/s1. The Hall–Kier alpha value is -2.78. The Morgan fingerprint density at radius 2 is 1.41 bits per heavy atom. The molecule has 7 heterocycles. The first-order chi connectivity index (χ1) is 20.9. The molecule has 3 aliphatic rings. The molecule has 5 N–H and O–H groups in total. The fraction of sp³-hybridized carbons (Fsp3) is 0.500. The van der Waals surface area contributed by atoms with E-state index >= 15 is 8.78 Å². The topological polar surface area (TPSA) is 232 Å². The van der Waals surface area contributed by atoms with E-state index in [9.17, 15) is 9.46 Å². The maximum Gasteiger partial charge on any atom is 0.325 e. The molecule has 232 valence electrons. The molecule has 0 aromatic carbocycles. The van der Waals surface area contributed by atoms with Gasteiger partial charge in [0.15, 0.2) is 47.7 Å². The van der Waals surface area contributed by atoms with Gasteiger partial charge in [0.25, 0.3) is 7.47 Å². The molecule has 7 rings (SSSR count). The minimum atomic E-state index is -4.60. The highest BCUT2D eigenvalue weighted by Crippen LogP contribution is 2.54. The number of nitrogen functional groups attached to an aromatic ring is 2. The monoisotopic (exact) mass is 672 g/mol. The number of nitrogens with two attached hydrogens (primary N) is 2. The van der Waals surface area contributed by atoms with Crippen molar-refractivity contribution in [2.45, 2.75) is 49.2 Å². The summed E-state index contributed by atoms with van der Waals surface area (Å²) in [7, 11) is 1.21. The van der Waals surface area contributed by atoms with E-state index < -0.39 is 76.6 Å². The molecule has 0 amide bonds. The van der Waals surface area contributed by atoms with Gasteiger partial charge in [-0.3, -0.25) is 18.2 Å². The summed E-state index contributed by atoms with van der Waals surface area (Å²) in [5, 5.41) is 0. The number of nitrogens with zero attached hydrogens (tertiary/aromatic N) is 8. The molecule has 2 radical (unpaired) electrons. The van der Waals surface area contributed by atoms with Gasteiger partial charge in [-0.05, 0) is 11.8 Å². The molecule has 2 bridgehead atoms. The summed E-state index contributed by atoms with van der Waals surface area (Å²) in [5.41, 5.74) is 12.4. The van der Waals surface area contributed by atoms with Crippen LogP contribution in [0, 0.1) is 0 Å². The number of fused-ring (bicyclic) bond motifs is 5. The summed E-state index contributed by atoms with van der Waals surface area (Å²) in [6.07, 6.45) is -8.25. The fourth-order valence-electron chi connectivity index (χ4n) is 5.19. The van der Waals surface area contributed by atoms with Crippen LogP contribution in [0.1, 0.15) is 12.5 Å². The number of ether oxygens (including phenoxy) is 2. The normalized spacial score (nSPS) is 38.2. The average Bonchev–Trinajstić information content (AvgIpc) is 3.73. The second-order valence-electron chi connectivity index (χ2n) is 9.92. The van der Waals surface area contributed by atoms with Gasteiger partial charge in [0.1, 0.15) is 48.1 Å². The van der Waals surface area contributed by atoms with Crippen molar-refractivity contribution in [3.8, 4) is 0 Å². The first-order valence-electron chi connectivity index (χ1n) is 12.7. The van der Waals surface area contributed by atoms with E-state index in [0.29, 0.717) is 0 Å². The quantitative estimate of drug-likeness (QED) is 0.196. The van der Waals surface area contributed by atoms with Gasteiger partial charge in [-0.15, -0.1) is 0 Å². The Labute approximate surface area is 251 Å². The van der Waals surface area contributed by atoms with Crippen LogP contribution < -0.4 is 11.5 Å². The zero-order chi connectivity index (χ0) is 31.0. The first kappa shape index (κ1) is 29.9. The molecule has 24 heteroatoms. The molecule has 2 unspecified atom stereocenters.